The average Bonchev–Trinajstić information content (AvgIpc) is 3.06. The first kappa shape index (κ1) is 37.0. The first-order valence-corrected chi connectivity index (χ1v) is 18.9. The molecular formula is C37H51ClN2O6S. The number of aliphatic hydroxyl groups excluding tert-OH is 1. The van der Waals surface area contributed by atoms with Gasteiger partial charge in [-0.25, -0.2) is 13.1 Å². The molecule has 0 radical (unpaired) electrons. The van der Waals surface area contributed by atoms with Gasteiger partial charge in [0, 0.05) is 37.4 Å². The molecule has 1 fully saturated rings. The summed E-state index contributed by atoms with van der Waals surface area (Å²) in [5.74, 6) is 0.374. The van der Waals surface area contributed by atoms with E-state index in [0.29, 0.717) is 36.8 Å². The van der Waals surface area contributed by atoms with Crippen LogP contribution in [0.3, 0.4) is 0 Å². The van der Waals surface area contributed by atoms with Gasteiger partial charge in [-0.1, -0.05) is 49.2 Å². The van der Waals surface area contributed by atoms with Crippen LogP contribution in [0.1, 0.15) is 86.2 Å². The van der Waals surface area contributed by atoms with Crippen molar-refractivity contribution < 1.29 is 27.8 Å². The third-order valence-electron chi connectivity index (χ3n) is 9.41. The zero-order valence-corrected chi connectivity index (χ0v) is 29.4. The standard InChI is InChI=1S/C37H51ClN2O6S/c1-4-6-8-13-35(41)33-18-15-29(33)25-40-21-10-9-11-27-23-31(38)17-14-30(27)26-46-36-19-16-28(24-34(36)40)37(42)39-47(43,44)32(12-7-5-2)20-22-45-3/h5,8,13-14,16-17,19,23-24,29,32-33,35,41H,2,4,6-7,9-12,15,18,20-22,25-26H2,1,3H3,(H,39,42)/b13-8+/t29-,32-,33+,35-/m0/s1. The fraction of sp³-hybridized carbons (Fsp3) is 0.541. The lowest BCUT2D eigenvalue weighted by Crippen LogP contribution is -2.43. The highest BCUT2D eigenvalue weighted by Gasteiger charge is 2.37. The zero-order chi connectivity index (χ0) is 33.8. The fourth-order valence-electron chi connectivity index (χ4n) is 6.46. The van der Waals surface area contributed by atoms with Gasteiger partial charge in [0.2, 0.25) is 10.0 Å². The number of methoxy groups -OCH3 is 1. The molecule has 1 heterocycles. The molecule has 2 aliphatic rings. The number of nitrogens with zero attached hydrogens (tertiary/aromatic N) is 1. The zero-order valence-electron chi connectivity index (χ0n) is 27.8. The van der Waals surface area contributed by atoms with Crippen LogP contribution in [0.15, 0.2) is 61.2 Å². The van der Waals surface area contributed by atoms with Gasteiger partial charge in [0.05, 0.1) is 17.0 Å². The summed E-state index contributed by atoms with van der Waals surface area (Å²) < 4.78 is 40.6. The highest BCUT2D eigenvalue weighted by molar-refractivity contribution is 7.90. The Labute approximate surface area is 286 Å². The number of aryl methyl sites for hydroxylation is 1. The van der Waals surface area contributed by atoms with E-state index >= 15 is 0 Å². The Kier molecular flexibility index (Phi) is 14.2. The van der Waals surface area contributed by atoms with E-state index in [1.807, 2.05) is 24.3 Å². The molecule has 0 spiro atoms. The molecule has 2 N–H and O–H groups in total. The van der Waals surface area contributed by atoms with Crippen molar-refractivity contribution in [3.63, 3.8) is 0 Å². The lowest BCUT2D eigenvalue weighted by Gasteiger charge is -2.42. The third-order valence-corrected chi connectivity index (χ3v) is 11.5. The molecule has 0 saturated heterocycles. The van der Waals surface area contributed by atoms with Gasteiger partial charge in [-0.15, -0.1) is 6.58 Å². The third kappa shape index (κ3) is 10.3. The van der Waals surface area contributed by atoms with Crippen molar-refractivity contribution in [2.75, 3.05) is 31.7 Å². The Morgan fingerprint density at radius 1 is 1.17 bits per heavy atom. The number of allylic oxidation sites excluding steroid dienone is 2. The minimum absolute atomic E-state index is 0.160. The molecule has 258 valence electrons. The molecule has 10 heteroatoms. The quantitative estimate of drug-likeness (QED) is 0.190. The van der Waals surface area contributed by atoms with Crippen molar-refractivity contribution in [1.29, 1.82) is 0 Å². The molecule has 1 saturated carbocycles. The minimum Gasteiger partial charge on any atom is -0.487 e. The van der Waals surface area contributed by atoms with Gasteiger partial charge < -0.3 is 19.5 Å². The summed E-state index contributed by atoms with van der Waals surface area (Å²) in [6.45, 7) is 7.86. The Bertz CT molecular complexity index is 1480. The Morgan fingerprint density at radius 2 is 2.00 bits per heavy atom. The van der Waals surface area contributed by atoms with Crippen LogP contribution in [-0.2, 0) is 27.8 Å². The molecule has 0 aromatic heterocycles. The van der Waals surface area contributed by atoms with Gasteiger partial charge in [0.1, 0.15) is 12.4 Å². The second-order valence-electron chi connectivity index (χ2n) is 12.7. The topological polar surface area (TPSA) is 105 Å². The minimum atomic E-state index is -3.97. The smallest absolute Gasteiger partial charge is 0.264 e. The molecule has 1 aliphatic heterocycles. The maximum Gasteiger partial charge on any atom is 0.264 e. The lowest BCUT2D eigenvalue weighted by molar-refractivity contribution is 0.0461. The van der Waals surface area contributed by atoms with Crippen LogP contribution in [0.25, 0.3) is 0 Å². The summed E-state index contributed by atoms with van der Waals surface area (Å²) in [7, 11) is -2.45. The Hall–Kier alpha value is -2.85. The molecule has 4 atom stereocenters. The van der Waals surface area contributed by atoms with Crippen molar-refractivity contribution in [2.45, 2.75) is 89.1 Å². The average molecular weight is 687 g/mol. The number of carbonyl (C=O) groups excluding carboxylic acids is 1. The number of benzene rings is 2. The number of rotatable bonds is 15. The number of aliphatic hydroxyl groups is 1. The number of unbranched alkanes of at least 4 members (excludes halogenated alkanes) is 1. The maximum absolute atomic E-state index is 13.5. The highest BCUT2D eigenvalue weighted by Crippen LogP contribution is 2.41. The number of ether oxygens (including phenoxy) is 2. The molecule has 47 heavy (non-hydrogen) atoms. The second-order valence-corrected chi connectivity index (χ2v) is 15.1. The van der Waals surface area contributed by atoms with Crippen LogP contribution < -0.4 is 14.4 Å². The number of fused-ring (bicyclic) bond motifs is 2. The SMILES string of the molecule is C=CCC[C@@H](CCOC)S(=O)(=O)NC(=O)c1ccc2c(c1)N(C[C@@H]1CC[C@H]1[C@@H](O)/C=C/CCC)CCCCc1cc(Cl)ccc1CO2. The number of hydrogen-bond acceptors (Lipinski definition) is 7. The van der Waals surface area contributed by atoms with Crippen molar-refractivity contribution in [1.82, 2.24) is 4.72 Å². The molecule has 1 aliphatic carbocycles. The number of amides is 1. The van der Waals surface area contributed by atoms with E-state index in [9.17, 15) is 18.3 Å². The number of nitrogens with one attached hydrogen (secondary N) is 1. The first-order valence-electron chi connectivity index (χ1n) is 17.0. The maximum atomic E-state index is 13.5. The molecule has 0 unspecified atom stereocenters. The first-order chi connectivity index (χ1) is 22.7. The van der Waals surface area contributed by atoms with Crippen molar-refractivity contribution >= 4 is 33.2 Å². The molecule has 1 amide bonds. The monoisotopic (exact) mass is 686 g/mol. The van der Waals surface area contributed by atoms with Gasteiger partial charge in [-0.2, -0.15) is 0 Å². The lowest BCUT2D eigenvalue weighted by atomic mass is 9.70. The Morgan fingerprint density at radius 3 is 2.72 bits per heavy atom. The van der Waals surface area contributed by atoms with Crippen LogP contribution in [0.4, 0.5) is 5.69 Å². The fourth-order valence-corrected chi connectivity index (χ4v) is 8.05. The normalized spacial score (nSPS) is 19.8. The Balaban J connectivity index is 1.63. The summed E-state index contributed by atoms with van der Waals surface area (Å²) in [4.78, 5) is 15.8. The molecule has 0 bridgehead atoms. The van der Waals surface area contributed by atoms with Crippen LogP contribution in [0, 0.1) is 11.8 Å². The van der Waals surface area contributed by atoms with E-state index in [1.165, 1.54) is 7.11 Å². The number of halogens is 1. The van der Waals surface area contributed by atoms with Crippen LogP contribution in [-0.4, -0.2) is 57.6 Å². The van der Waals surface area contributed by atoms with Crippen LogP contribution in [0.2, 0.25) is 5.02 Å². The summed E-state index contributed by atoms with van der Waals surface area (Å²) in [6, 6.07) is 11.0. The van der Waals surface area contributed by atoms with Crippen molar-refractivity contribution in [3.05, 3.63) is 82.9 Å². The van der Waals surface area contributed by atoms with Crippen LogP contribution >= 0.6 is 11.6 Å². The summed E-state index contributed by atoms with van der Waals surface area (Å²) in [6.07, 6.45) is 13.0. The summed E-state index contributed by atoms with van der Waals surface area (Å²) in [5.41, 5.74) is 3.21. The van der Waals surface area contributed by atoms with Crippen LogP contribution in [0.5, 0.6) is 5.75 Å². The number of anilines is 1. The van der Waals surface area contributed by atoms with Gasteiger partial charge in [0.25, 0.3) is 5.91 Å². The molecular weight excluding hydrogens is 636 g/mol. The van der Waals surface area contributed by atoms with E-state index in [4.69, 9.17) is 21.1 Å². The van der Waals surface area contributed by atoms with E-state index in [1.54, 1.807) is 24.3 Å². The van der Waals surface area contributed by atoms with Gasteiger partial charge in [-0.05, 0) is 111 Å². The largest absolute Gasteiger partial charge is 0.487 e. The van der Waals surface area contributed by atoms with Gasteiger partial charge >= 0.3 is 0 Å². The van der Waals surface area contributed by atoms with E-state index < -0.39 is 27.3 Å². The van der Waals surface area contributed by atoms with Gasteiger partial charge in [-0.3, -0.25) is 4.79 Å². The predicted octanol–water partition coefficient (Wildman–Crippen LogP) is 7.24. The van der Waals surface area contributed by atoms with Crippen molar-refractivity contribution in [3.8, 4) is 5.75 Å². The predicted molar refractivity (Wildman–Crippen MR) is 190 cm³/mol. The number of carbonyl (C=O) groups is 1. The van der Waals surface area contributed by atoms with Crippen molar-refractivity contribution in [2.24, 2.45) is 11.8 Å². The second kappa shape index (κ2) is 18.1. The molecule has 4 rings (SSSR count). The molecule has 8 nitrogen and oxygen atoms in total. The summed E-state index contributed by atoms with van der Waals surface area (Å²) >= 11 is 6.34. The number of hydrogen-bond donors (Lipinski definition) is 2. The van der Waals surface area contributed by atoms with Gasteiger partial charge in [0.15, 0.2) is 0 Å². The molecule has 2 aromatic carbocycles. The van der Waals surface area contributed by atoms with E-state index in [-0.39, 0.29) is 30.4 Å². The molecule has 2 aromatic rings. The summed E-state index contributed by atoms with van der Waals surface area (Å²) in [5, 5.41) is 10.9. The number of sulfonamides is 1. The van der Waals surface area contributed by atoms with E-state index in [0.717, 1.165) is 68.3 Å². The highest BCUT2D eigenvalue weighted by atomic mass is 35.5. The van der Waals surface area contributed by atoms with E-state index in [2.05, 4.69) is 29.2 Å².